The summed E-state index contributed by atoms with van der Waals surface area (Å²) in [5.41, 5.74) is 0. The fourth-order valence-corrected chi connectivity index (χ4v) is 1.92. The smallest absolute Gasteiger partial charge is 0.123 e. The predicted octanol–water partition coefficient (Wildman–Crippen LogP) is 3.96. The monoisotopic (exact) mass is 256 g/mol. The van der Waals surface area contributed by atoms with E-state index in [1.807, 2.05) is 12.1 Å². The molecule has 1 N–H and O–H groups in total. The van der Waals surface area contributed by atoms with Crippen LogP contribution in [0.1, 0.15) is 0 Å². The third-order valence-electron chi connectivity index (χ3n) is 1.90. The van der Waals surface area contributed by atoms with E-state index in [1.54, 1.807) is 18.2 Å². The molecular formula is C10H6BrClO. The van der Waals surface area contributed by atoms with Gasteiger partial charge < -0.3 is 5.11 Å². The third kappa shape index (κ3) is 1.52. The molecule has 0 atom stereocenters. The molecule has 0 amide bonds. The summed E-state index contributed by atoms with van der Waals surface area (Å²) in [6.45, 7) is 0. The fourth-order valence-electron chi connectivity index (χ4n) is 1.27. The zero-order chi connectivity index (χ0) is 9.42. The molecule has 66 valence electrons. The molecule has 2 aromatic carbocycles. The van der Waals surface area contributed by atoms with Crippen LogP contribution >= 0.6 is 27.5 Å². The van der Waals surface area contributed by atoms with Crippen molar-refractivity contribution in [2.45, 2.75) is 0 Å². The van der Waals surface area contributed by atoms with E-state index < -0.39 is 0 Å². The van der Waals surface area contributed by atoms with Gasteiger partial charge in [-0.3, -0.25) is 0 Å². The lowest BCUT2D eigenvalue weighted by Gasteiger charge is -2.03. The van der Waals surface area contributed by atoms with Crippen molar-refractivity contribution in [2.75, 3.05) is 0 Å². The standard InChI is InChI=1S/C10H6BrClO/c11-9-3-4-10(13)8-5-6(12)1-2-7(8)9/h1-5,13H. The lowest BCUT2D eigenvalue weighted by Crippen LogP contribution is -1.75. The predicted molar refractivity (Wildman–Crippen MR) is 58.3 cm³/mol. The minimum atomic E-state index is 0.251. The van der Waals surface area contributed by atoms with Crippen molar-refractivity contribution in [3.05, 3.63) is 39.8 Å². The first-order valence-electron chi connectivity index (χ1n) is 3.75. The summed E-state index contributed by atoms with van der Waals surface area (Å²) < 4.78 is 0.956. The molecule has 1 nitrogen and oxygen atoms in total. The van der Waals surface area contributed by atoms with E-state index in [0.29, 0.717) is 5.02 Å². The highest BCUT2D eigenvalue weighted by molar-refractivity contribution is 9.10. The summed E-state index contributed by atoms with van der Waals surface area (Å²) in [5, 5.41) is 11.9. The van der Waals surface area contributed by atoms with E-state index in [1.165, 1.54) is 0 Å². The van der Waals surface area contributed by atoms with Crippen LogP contribution in [0.5, 0.6) is 5.75 Å². The van der Waals surface area contributed by atoms with Gasteiger partial charge in [-0.05, 0) is 29.7 Å². The Morgan fingerprint density at radius 3 is 2.62 bits per heavy atom. The molecule has 0 saturated heterocycles. The van der Waals surface area contributed by atoms with Crippen LogP contribution in [0.4, 0.5) is 0 Å². The molecule has 13 heavy (non-hydrogen) atoms. The number of aromatic hydroxyl groups is 1. The Hall–Kier alpha value is -0.730. The second kappa shape index (κ2) is 3.20. The quantitative estimate of drug-likeness (QED) is 0.757. The van der Waals surface area contributed by atoms with Crippen LogP contribution in [0.15, 0.2) is 34.8 Å². The van der Waals surface area contributed by atoms with Crippen molar-refractivity contribution < 1.29 is 5.11 Å². The Kier molecular flexibility index (Phi) is 2.18. The number of phenols is 1. The Labute approximate surface area is 89.1 Å². The van der Waals surface area contributed by atoms with Crippen molar-refractivity contribution in [3.8, 4) is 5.75 Å². The van der Waals surface area contributed by atoms with E-state index in [-0.39, 0.29) is 5.75 Å². The number of halogens is 2. The molecule has 0 saturated carbocycles. The zero-order valence-electron chi connectivity index (χ0n) is 6.59. The maximum Gasteiger partial charge on any atom is 0.123 e. The average Bonchev–Trinajstić information content (AvgIpc) is 2.12. The van der Waals surface area contributed by atoms with Gasteiger partial charge in [0.25, 0.3) is 0 Å². The largest absolute Gasteiger partial charge is 0.507 e. The van der Waals surface area contributed by atoms with E-state index in [4.69, 9.17) is 11.6 Å². The molecule has 0 aliphatic rings. The number of fused-ring (bicyclic) bond motifs is 1. The number of hydrogen-bond donors (Lipinski definition) is 1. The van der Waals surface area contributed by atoms with Crippen LogP contribution in [0.25, 0.3) is 10.8 Å². The molecule has 3 heteroatoms. The number of benzene rings is 2. The highest BCUT2D eigenvalue weighted by Gasteiger charge is 2.03. The number of hydrogen-bond acceptors (Lipinski definition) is 1. The van der Waals surface area contributed by atoms with Gasteiger partial charge in [0.15, 0.2) is 0 Å². The average molecular weight is 258 g/mol. The first-order chi connectivity index (χ1) is 6.18. The van der Waals surface area contributed by atoms with Gasteiger partial charge in [-0.25, -0.2) is 0 Å². The van der Waals surface area contributed by atoms with E-state index >= 15 is 0 Å². The Balaban J connectivity index is 2.92. The second-order valence-electron chi connectivity index (χ2n) is 2.76. The molecule has 0 aliphatic heterocycles. The van der Waals surface area contributed by atoms with Crippen molar-refractivity contribution in [3.63, 3.8) is 0 Å². The van der Waals surface area contributed by atoms with Gasteiger partial charge in [-0.1, -0.05) is 33.6 Å². The summed E-state index contributed by atoms with van der Waals surface area (Å²) in [6, 6.07) is 8.88. The summed E-state index contributed by atoms with van der Waals surface area (Å²) >= 11 is 9.22. The van der Waals surface area contributed by atoms with Crippen molar-refractivity contribution in [1.29, 1.82) is 0 Å². The number of phenolic OH excluding ortho intramolecular Hbond substituents is 1. The van der Waals surface area contributed by atoms with E-state index in [2.05, 4.69) is 15.9 Å². The van der Waals surface area contributed by atoms with Gasteiger partial charge in [0, 0.05) is 14.9 Å². The lowest BCUT2D eigenvalue weighted by molar-refractivity contribution is 0.481. The maximum absolute atomic E-state index is 9.54. The minimum absolute atomic E-state index is 0.251. The topological polar surface area (TPSA) is 20.2 Å². The van der Waals surface area contributed by atoms with Crippen molar-refractivity contribution >= 4 is 38.3 Å². The van der Waals surface area contributed by atoms with E-state index in [9.17, 15) is 5.11 Å². The van der Waals surface area contributed by atoms with Gasteiger partial charge in [0.1, 0.15) is 5.75 Å². The highest BCUT2D eigenvalue weighted by atomic mass is 79.9. The molecular weight excluding hydrogens is 251 g/mol. The molecule has 0 aromatic heterocycles. The molecule has 0 heterocycles. The molecule has 0 aliphatic carbocycles. The first kappa shape index (κ1) is 8.85. The Bertz CT molecular complexity index is 468. The highest BCUT2D eigenvalue weighted by Crippen LogP contribution is 2.32. The van der Waals surface area contributed by atoms with Crippen LogP contribution < -0.4 is 0 Å². The van der Waals surface area contributed by atoms with Crippen molar-refractivity contribution in [1.82, 2.24) is 0 Å². The molecule has 2 rings (SSSR count). The molecule has 0 unspecified atom stereocenters. The molecule has 0 bridgehead atoms. The Morgan fingerprint density at radius 2 is 1.85 bits per heavy atom. The number of rotatable bonds is 0. The van der Waals surface area contributed by atoms with Gasteiger partial charge in [0.05, 0.1) is 0 Å². The van der Waals surface area contributed by atoms with Crippen LogP contribution in [-0.4, -0.2) is 5.11 Å². The van der Waals surface area contributed by atoms with Crippen LogP contribution in [0.3, 0.4) is 0 Å². The Morgan fingerprint density at radius 1 is 1.08 bits per heavy atom. The second-order valence-corrected chi connectivity index (χ2v) is 4.05. The minimum Gasteiger partial charge on any atom is -0.507 e. The lowest BCUT2D eigenvalue weighted by atomic mass is 10.1. The third-order valence-corrected chi connectivity index (χ3v) is 2.83. The van der Waals surface area contributed by atoms with Crippen LogP contribution in [-0.2, 0) is 0 Å². The zero-order valence-corrected chi connectivity index (χ0v) is 8.93. The van der Waals surface area contributed by atoms with Gasteiger partial charge in [-0.2, -0.15) is 0 Å². The molecule has 0 fully saturated rings. The van der Waals surface area contributed by atoms with Crippen LogP contribution in [0, 0.1) is 0 Å². The van der Waals surface area contributed by atoms with Gasteiger partial charge >= 0.3 is 0 Å². The molecule has 2 aromatic rings. The summed E-state index contributed by atoms with van der Waals surface area (Å²) in [7, 11) is 0. The first-order valence-corrected chi connectivity index (χ1v) is 4.92. The van der Waals surface area contributed by atoms with Gasteiger partial charge in [-0.15, -0.1) is 0 Å². The normalized spacial score (nSPS) is 10.6. The summed E-state index contributed by atoms with van der Waals surface area (Å²) in [6.07, 6.45) is 0. The maximum atomic E-state index is 9.54. The van der Waals surface area contributed by atoms with Gasteiger partial charge in [0.2, 0.25) is 0 Å². The van der Waals surface area contributed by atoms with Crippen molar-refractivity contribution in [2.24, 2.45) is 0 Å². The summed E-state index contributed by atoms with van der Waals surface area (Å²) in [5.74, 6) is 0.251. The fraction of sp³-hybridized carbons (Fsp3) is 0. The van der Waals surface area contributed by atoms with Crippen LogP contribution in [0.2, 0.25) is 5.02 Å². The summed E-state index contributed by atoms with van der Waals surface area (Å²) in [4.78, 5) is 0. The molecule has 0 radical (unpaired) electrons. The SMILES string of the molecule is Oc1ccc(Br)c2ccc(Cl)cc12. The molecule has 0 spiro atoms. The van der Waals surface area contributed by atoms with E-state index in [0.717, 1.165) is 15.2 Å².